The lowest BCUT2D eigenvalue weighted by molar-refractivity contribution is -0.121. The second-order valence-corrected chi connectivity index (χ2v) is 4.89. The molecule has 2 N–H and O–H groups in total. The Labute approximate surface area is 129 Å². The maximum atomic E-state index is 11.9. The van der Waals surface area contributed by atoms with Gasteiger partial charge in [0.15, 0.2) is 0 Å². The van der Waals surface area contributed by atoms with Gasteiger partial charge in [-0.2, -0.15) is 0 Å². The summed E-state index contributed by atoms with van der Waals surface area (Å²) in [5.41, 5.74) is 7.20. The summed E-state index contributed by atoms with van der Waals surface area (Å²) in [6.07, 6.45) is 0.179. The van der Waals surface area contributed by atoms with Crippen LogP contribution in [-0.4, -0.2) is 18.9 Å². The molecule has 2 amide bonds. The molecule has 0 atom stereocenters. The topological polar surface area (TPSA) is 67.4 Å². The van der Waals surface area contributed by atoms with Gasteiger partial charge in [-0.1, -0.05) is 29.8 Å². The van der Waals surface area contributed by atoms with Gasteiger partial charge in [0.2, 0.25) is 5.91 Å². The van der Waals surface area contributed by atoms with E-state index in [1.807, 2.05) is 19.1 Å². The predicted molar refractivity (Wildman–Crippen MR) is 83.5 cm³/mol. The number of benzene rings is 2. The van der Waals surface area contributed by atoms with Gasteiger partial charge in [-0.15, -0.1) is 0 Å². The molecular formula is C17H18N2O3. The van der Waals surface area contributed by atoms with Crippen LogP contribution in [0.25, 0.3) is 0 Å². The van der Waals surface area contributed by atoms with Gasteiger partial charge in [-0.05, 0) is 36.8 Å². The maximum absolute atomic E-state index is 11.9. The number of nitrogens with one attached hydrogen (secondary N) is 2. The minimum atomic E-state index is -0.344. The van der Waals surface area contributed by atoms with Crippen molar-refractivity contribution in [1.82, 2.24) is 10.9 Å². The smallest absolute Gasteiger partial charge is 0.269 e. The van der Waals surface area contributed by atoms with Crippen LogP contribution in [0.5, 0.6) is 5.75 Å². The average molecular weight is 298 g/mol. The number of rotatable bonds is 4. The Morgan fingerprint density at radius 1 is 0.955 bits per heavy atom. The standard InChI is InChI=1S/C17H18N2O3/c1-12-3-7-14(8-4-12)17(21)19-18-16(20)11-13-5-9-15(22-2)10-6-13/h3-10H,11H2,1-2H3,(H,18,20)(H,19,21). The Bertz CT molecular complexity index is 649. The largest absolute Gasteiger partial charge is 0.497 e. The SMILES string of the molecule is COc1ccc(CC(=O)NNC(=O)c2ccc(C)cc2)cc1. The van der Waals surface area contributed by atoms with E-state index in [0.717, 1.165) is 16.9 Å². The van der Waals surface area contributed by atoms with Gasteiger partial charge >= 0.3 is 0 Å². The number of amides is 2. The van der Waals surface area contributed by atoms with Crippen LogP contribution in [0.15, 0.2) is 48.5 Å². The minimum Gasteiger partial charge on any atom is -0.497 e. The van der Waals surface area contributed by atoms with Crippen LogP contribution in [0.1, 0.15) is 21.5 Å². The summed E-state index contributed by atoms with van der Waals surface area (Å²) in [4.78, 5) is 23.7. The van der Waals surface area contributed by atoms with Crippen LogP contribution in [0.3, 0.4) is 0 Å². The van der Waals surface area contributed by atoms with E-state index in [1.54, 1.807) is 43.5 Å². The highest BCUT2D eigenvalue weighted by Gasteiger charge is 2.07. The Morgan fingerprint density at radius 2 is 1.59 bits per heavy atom. The van der Waals surface area contributed by atoms with Crippen molar-refractivity contribution >= 4 is 11.8 Å². The Balaban J connectivity index is 1.84. The van der Waals surface area contributed by atoms with Crippen molar-refractivity contribution in [3.63, 3.8) is 0 Å². The summed E-state index contributed by atoms with van der Waals surface area (Å²) in [5, 5.41) is 0. The van der Waals surface area contributed by atoms with E-state index < -0.39 is 0 Å². The van der Waals surface area contributed by atoms with E-state index >= 15 is 0 Å². The van der Waals surface area contributed by atoms with Crippen LogP contribution in [0, 0.1) is 6.92 Å². The summed E-state index contributed by atoms with van der Waals surface area (Å²) in [5.74, 6) is 0.102. The van der Waals surface area contributed by atoms with Crippen LogP contribution >= 0.6 is 0 Å². The molecule has 0 aliphatic carbocycles. The molecule has 22 heavy (non-hydrogen) atoms. The van der Waals surface area contributed by atoms with E-state index in [9.17, 15) is 9.59 Å². The molecule has 0 unspecified atom stereocenters. The van der Waals surface area contributed by atoms with Crippen molar-refractivity contribution in [3.05, 3.63) is 65.2 Å². The van der Waals surface area contributed by atoms with Crippen molar-refractivity contribution in [3.8, 4) is 5.75 Å². The molecule has 0 saturated heterocycles. The van der Waals surface area contributed by atoms with Crippen LogP contribution in [0.2, 0.25) is 0 Å². The fraction of sp³-hybridized carbons (Fsp3) is 0.176. The molecule has 5 heteroatoms. The number of carbonyl (C=O) groups is 2. The number of hydrazine groups is 1. The third kappa shape index (κ3) is 4.34. The minimum absolute atomic E-state index is 0.179. The number of hydrogen-bond acceptors (Lipinski definition) is 3. The lowest BCUT2D eigenvalue weighted by Crippen LogP contribution is -2.42. The first kappa shape index (κ1) is 15.6. The zero-order valence-corrected chi connectivity index (χ0v) is 12.6. The van der Waals surface area contributed by atoms with Crippen LogP contribution in [-0.2, 0) is 11.2 Å². The van der Waals surface area contributed by atoms with Crippen molar-refractivity contribution < 1.29 is 14.3 Å². The molecule has 2 rings (SSSR count). The molecule has 0 aromatic heterocycles. The number of carbonyl (C=O) groups excluding carboxylic acids is 2. The normalized spacial score (nSPS) is 9.91. The first-order valence-corrected chi connectivity index (χ1v) is 6.87. The zero-order chi connectivity index (χ0) is 15.9. The number of methoxy groups -OCH3 is 1. The first-order valence-electron chi connectivity index (χ1n) is 6.87. The molecular weight excluding hydrogens is 280 g/mol. The summed E-state index contributed by atoms with van der Waals surface area (Å²) >= 11 is 0. The summed E-state index contributed by atoms with van der Waals surface area (Å²) < 4.78 is 5.05. The molecule has 0 heterocycles. The third-order valence-electron chi connectivity index (χ3n) is 3.15. The predicted octanol–water partition coefficient (Wildman–Crippen LogP) is 2.01. The summed E-state index contributed by atoms with van der Waals surface area (Å²) in [6.45, 7) is 1.94. The lowest BCUT2D eigenvalue weighted by atomic mass is 10.1. The fourth-order valence-electron chi connectivity index (χ4n) is 1.88. The van der Waals surface area contributed by atoms with Crippen molar-refractivity contribution in [2.45, 2.75) is 13.3 Å². The van der Waals surface area contributed by atoms with Gasteiger partial charge in [0.05, 0.1) is 13.5 Å². The Hall–Kier alpha value is -2.82. The van der Waals surface area contributed by atoms with E-state index in [-0.39, 0.29) is 18.2 Å². The van der Waals surface area contributed by atoms with Crippen LogP contribution in [0.4, 0.5) is 0 Å². The molecule has 0 fully saturated rings. The number of ether oxygens (including phenoxy) is 1. The van der Waals surface area contributed by atoms with Gasteiger partial charge in [0, 0.05) is 5.56 Å². The zero-order valence-electron chi connectivity index (χ0n) is 12.6. The van der Waals surface area contributed by atoms with Gasteiger partial charge in [-0.3, -0.25) is 20.4 Å². The van der Waals surface area contributed by atoms with E-state index in [1.165, 1.54) is 0 Å². The quantitative estimate of drug-likeness (QED) is 0.848. The second kappa shape index (κ2) is 7.26. The van der Waals surface area contributed by atoms with Crippen molar-refractivity contribution in [2.75, 3.05) is 7.11 Å². The molecule has 5 nitrogen and oxygen atoms in total. The maximum Gasteiger partial charge on any atom is 0.269 e. The lowest BCUT2D eigenvalue weighted by Gasteiger charge is -2.08. The molecule has 0 aliphatic rings. The molecule has 0 aliphatic heterocycles. The van der Waals surface area contributed by atoms with Gasteiger partial charge in [-0.25, -0.2) is 0 Å². The van der Waals surface area contributed by atoms with Gasteiger partial charge < -0.3 is 4.74 Å². The Kier molecular flexibility index (Phi) is 5.14. The first-order chi connectivity index (χ1) is 10.6. The number of hydrogen-bond donors (Lipinski definition) is 2. The highest BCUT2D eigenvalue weighted by Crippen LogP contribution is 2.11. The van der Waals surface area contributed by atoms with Gasteiger partial charge in [0.1, 0.15) is 5.75 Å². The molecule has 0 radical (unpaired) electrons. The summed E-state index contributed by atoms with van der Waals surface area (Å²) in [7, 11) is 1.59. The fourth-order valence-corrected chi connectivity index (χ4v) is 1.88. The molecule has 0 bridgehead atoms. The molecule has 0 saturated carbocycles. The van der Waals surface area contributed by atoms with E-state index in [0.29, 0.717) is 5.56 Å². The highest BCUT2D eigenvalue weighted by atomic mass is 16.5. The second-order valence-electron chi connectivity index (χ2n) is 4.89. The molecule has 2 aromatic rings. The molecule has 0 spiro atoms. The molecule has 2 aromatic carbocycles. The monoisotopic (exact) mass is 298 g/mol. The van der Waals surface area contributed by atoms with Crippen molar-refractivity contribution in [2.24, 2.45) is 0 Å². The Morgan fingerprint density at radius 3 is 2.18 bits per heavy atom. The van der Waals surface area contributed by atoms with Crippen LogP contribution < -0.4 is 15.6 Å². The average Bonchev–Trinajstić information content (AvgIpc) is 2.54. The van der Waals surface area contributed by atoms with E-state index in [2.05, 4.69) is 10.9 Å². The van der Waals surface area contributed by atoms with Gasteiger partial charge in [0.25, 0.3) is 5.91 Å². The third-order valence-corrected chi connectivity index (χ3v) is 3.15. The van der Waals surface area contributed by atoms with Crippen molar-refractivity contribution in [1.29, 1.82) is 0 Å². The van der Waals surface area contributed by atoms with E-state index in [4.69, 9.17) is 4.74 Å². The number of aryl methyl sites for hydroxylation is 1. The molecule has 114 valence electrons. The summed E-state index contributed by atoms with van der Waals surface area (Å²) in [6, 6.07) is 14.3. The highest BCUT2D eigenvalue weighted by molar-refractivity contribution is 5.95.